The van der Waals surface area contributed by atoms with E-state index in [9.17, 15) is 14.4 Å². The second kappa shape index (κ2) is 7.77. The molecule has 3 amide bonds. The molecule has 0 saturated heterocycles. The molecule has 0 unspecified atom stereocenters. The zero-order chi connectivity index (χ0) is 20.4. The highest BCUT2D eigenvalue weighted by atomic mass is 35.5. The molecule has 0 aliphatic carbocycles. The first-order valence-corrected chi connectivity index (χ1v) is 8.86. The monoisotopic (exact) mass is 403 g/mol. The molecule has 0 saturated carbocycles. The summed E-state index contributed by atoms with van der Waals surface area (Å²) in [7, 11) is 1.67. The van der Waals surface area contributed by atoms with Gasteiger partial charge in [0.25, 0.3) is 5.91 Å². The van der Waals surface area contributed by atoms with Crippen molar-refractivity contribution >= 4 is 46.8 Å². The van der Waals surface area contributed by atoms with Crippen LogP contribution in [0.4, 0.5) is 26.7 Å². The highest BCUT2D eigenvalue weighted by molar-refractivity contribution is 6.31. The number of carboxylic acid groups (broad SMARTS) is 2. The number of imide groups is 1. The molecular weight excluding hydrogens is 386 g/mol. The molecule has 2 aromatic carbocycles. The van der Waals surface area contributed by atoms with Gasteiger partial charge in [0.1, 0.15) is 0 Å². The van der Waals surface area contributed by atoms with E-state index in [0.717, 1.165) is 0 Å². The van der Waals surface area contributed by atoms with E-state index in [2.05, 4.69) is 0 Å². The van der Waals surface area contributed by atoms with Gasteiger partial charge in [0.2, 0.25) is 0 Å². The molecule has 28 heavy (non-hydrogen) atoms. The third kappa shape index (κ3) is 3.59. The van der Waals surface area contributed by atoms with E-state index in [1.54, 1.807) is 49.5 Å². The number of carbonyl (C=O) groups excluding carboxylic acids is 1. The molecule has 1 aliphatic heterocycles. The summed E-state index contributed by atoms with van der Waals surface area (Å²) in [5.74, 6) is -0.181. The zero-order valence-electron chi connectivity index (χ0n) is 15.0. The van der Waals surface area contributed by atoms with Crippen molar-refractivity contribution in [1.82, 2.24) is 4.90 Å². The van der Waals surface area contributed by atoms with Gasteiger partial charge in [-0.25, -0.2) is 14.5 Å². The molecule has 9 heteroatoms. The standard InChI is InChI=1S/C19H18ClN3O5/c1-21-15-8-7-12(20)11-16(15)22(9-4-10-23(18(25)26)19(27)28)14-6-3-2-5-13(14)17(21)24/h2-3,5-8,11H,4,9-10H2,1H3,(H,25,26)(H,27,28). The quantitative estimate of drug-likeness (QED) is 0.796. The SMILES string of the molecule is CN1C(=O)c2ccccc2N(CCCN(C(=O)O)C(=O)O)c2cc(Cl)ccc21. The Kier molecular flexibility index (Phi) is 5.41. The molecule has 2 aromatic rings. The van der Waals surface area contributed by atoms with Crippen LogP contribution in [0.25, 0.3) is 0 Å². The first kappa shape index (κ1) is 19.5. The number of carbonyl (C=O) groups is 3. The van der Waals surface area contributed by atoms with Crippen molar-refractivity contribution < 1.29 is 24.6 Å². The van der Waals surface area contributed by atoms with Crippen molar-refractivity contribution in [3.05, 3.63) is 53.1 Å². The minimum Gasteiger partial charge on any atom is -0.465 e. The van der Waals surface area contributed by atoms with Crippen LogP contribution in [0, 0.1) is 0 Å². The van der Waals surface area contributed by atoms with E-state index in [1.165, 1.54) is 4.90 Å². The van der Waals surface area contributed by atoms with Crippen LogP contribution in [0.5, 0.6) is 0 Å². The Hall–Kier alpha value is -3.26. The van der Waals surface area contributed by atoms with E-state index >= 15 is 0 Å². The number of halogens is 1. The van der Waals surface area contributed by atoms with Gasteiger partial charge in [-0.15, -0.1) is 0 Å². The summed E-state index contributed by atoms with van der Waals surface area (Å²) in [6.07, 6.45) is -2.82. The summed E-state index contributed by atoms with van der Waals surface area (Å²) < 4.78 is 0. The van der Waals surface area contributed by atoms with Crippen molar-refractivity contribution in [2.45, 2.75) is 6.42 Å². The third-order valence-corrected chi connectivity index (χ3v) is 4.78. The van der Waals surface area contributed by atoms with Gasteiger partial charge < -0.3 is 20.0 Å². The van der Waals surface area contributed by atoms with Gasteiger partial charge in [-0.2, -0.15) is 0 Å². The molecule has 0 aromatic heterocycles. The van der Waals surface area contributed by atoms with Crippen LogP contribution in [0.15, 0.2) is 42.5 Å². The normalized spacial score (nSPS) is 12.9. The van der Waals surface area contributed by atoms with Gasteiger partial charge in [0, 0.05) is 25.2 Å². The second-order valence-electron chi connectivity index (χ2n) is 6.24. The van der Waals surface area contributed by atoms with Crippen LogP contribution in [0.3, 0.4) is 0 Å². The minimum atomic E-state index is -1.53. The van der Waals surface area contributed by atoms with Gasteiger partial charge >= 0.3 is 12.2 Å². The van der Waals surface area contributed by atoms with Gasteiger partial charge in [0.05, 0.1) is 22.6 Å². The Morgan fingerprint density at radius 2 is 1.71 bits per heavy atom. The molecule has 146 valence electrons. The highest BCUT2D eigenvalue weighted by Gasteiger charge is 2.29. The van der Waals surface area contributed by atoms with Crippen molar-refractivity contribution in [3.63, 3.8) is 0 Å². The van der Waals surface area contributed by atoms with Gasteiger partial charge in [-0.3, -0.25) is 4.79 Å². The zero-order valence-corrected chi connectivity index (χ0v) is 15.8. The summed E-state index contributed by atoms with van der Waals surface area (Å²) in [6.45, 7) is 0.103. The maximum absolute atomic E-state index is 12.9. The average Bonchev–Trinajstić information content (AvgIpc) is 2.73. The summed E-state index contributed by atoms with van der Waals surface area (Å²) >= 11 is 6.18. The molecule has 3 rings (SSSR count). The van der Waals surface area contributed by atoms with E-state index in [1.807, 2.05) is 4.90 Å². The molecule has 0 spiro atoms. The second-order valence-corrected chi connectivity index (χ2v) is 6.67. The number of hydrogen-bond donors (Lipinski definition) is 2. The van der Waals surface area contributed by atoms with Crippen LogP contribution in [-0.2, 0) is 0 Å². The van der Waals surface area contributed by atoms with Gasteiger partial charge in [-0.1, -0.05) is 23.7 Å². The van der Waals surface area contributed by atoms with E-state index in [0.29, 0.717) is 39.1 Å². The maximum atomic E-state index is 12.9. The average molecular weight is 404 g/mol. The lowest BCUT2D eigenvalue weighted by atomic mass is 10.1. The number of fused-ring (bicyclic) bond motifs is 2. The molecule has 0 fully saturated rings. The summed E-state index contributed by atoms with van der Waals surface area (Å²) in [5, 5.41) is 18.5. The van der Waals surface area contributed by atoms with Crippen LogP contribution in [-0.4, -0.2) is 53.3 Å². The molecule has 1 heterocycles. The third-order valence-electron chi connectivity index (χ3n) is 4.54. The van der Waals surface area contributed by atoms with Crippen molar-refractivity contribution in [1.29, 1.82) is 0 Å². The number of anilines is 3. The van der Waals surface area contributed by atoms with Crippen LogP contribution < -0.4 is 9.80 Å². The largest absolute Gasteiger partial charge is 0.465 e. The lowest BCUT2D eigenvalue weighted by Crippen LogP contribution is -2.36. The predicted molar refractivity (Wildman–Crippen MR) is 105 cm³/mol. The topological polar surface area (TPSA) is 101 Å². The Morgan fingerprint density at radius 3 is 2.39 bits per heavy atom. The highest BCUT2D eigenvalue weighted by Crippen LogP contribution is 2.41. The summed E-state index contributed by atoms with van der Waals surface area (Å²) in [6, 6.07) is 12.2. The molecule has 0 radical (unpaired) electrons. The van der Waals surface area contributed by atoms with E-state index in [4.69, 9.17) is 21.8 Å². The number of nitrogens with zero attached hydrogens (tertiary/aromatic N) is 3. The summed E-state index contributed by atoms with van der Waals surface area (Å²) in [5.41, 5.74) is 2.48. The lowest BCUT2D eigenvalue weighted by molar-refractivity contribution is 0.0993. The van der Waals surface area contributed by atoms with Crippen LogP contribution in [0.2, 0.25) is 5.02 Å². The Labute approximate surface area is 166 Å². The lowest BCUT2D eigenvalue weighted by Gasteiger charge is -2.27. The Balaban J connectivity index is 2.00. The molecule has 0 bridgehead atoms. The number of rotatable bonds is 4. The number of benzene rings is 2. The van der Waals surface area contributed by atoms with Gasteiger partial charge in [0.15, 0.2) is 0 Å². The van der Waals surface area contributed by atoms with E-state index < -0.39 is 12.2 Å². The molecule has 1 aliphatic rings. The Bertz CT molecular complexity index is 935. The van der Waals surface area contributed by atoms with Crippen molar-refractivity contribution in [2.75, 3.05) is 29.9 Å². The van der Waals surface area contributed by atoms with Crippen molar-refractivity contribution in [2.24, 2.45) is 0 Å². The molecule has 8 nitrogen and oxygen atoms in total. The number of hydrogen-bond acceptors (Lipinski definition) is 4. The van der Waals surface area contributed by atoms with Crippen LogP contribution >= 0.6 is 11.6 Å². The molecule has 2 N–H and O–H groups in total. The smallest absolute Gasteiger partial charge is 0.416 e. The maximum Gasteiger partial charge on any atom is 0.416 e. The fourth-order valence-corrected chi connectivity index (χ4v) is 3.37. The van der Waals surface area contributed by atoms with Crippen LogP contribution in [0.1, 0.15) is 16.8 Å². The van der Waals surface area contributed by atoms with Gasteiger partial charge in [-0.05, 0) is 36.8 Å². The minimum absolute atomic E-state index is 0.181. The summed E-state index contributed by atoms with van der Waals surface area (Å²) in [4.78, 5) is 38.8. The first-order chi connectivity index (χ1) is 13.3. The fraction of sp³-hybridized carbons (Fsp3) is 0.211. The van der Waals surface area contributed by atoms with E-state index in [-0.39, 0.29) is 18.9 Å². The molecular formula is C19H18ClN3O5. The van der Waals surface area contributed by atoms with Crippen molar-refractivity contribution in [3.8, 4) is 0 Å². The molecule has 0 atom stereocenters. The number of amides is 3. The Morgan fingerprint density at radius 1 is 1.04 bits per heavy atom. The number of para-hydroxylation sites is 1. The first-order valence-electron chi connectivity index (χ1n) is 8.49. The fourth-order valence-electron chi connectivity index (χ4n) is 3.21. The predicted octanol–water partition coefficient (Wildman–Crippen LogP) is 4.12.